The SMILES string of the molecule is CC(=Nc1ccncc1C)c1cccc(C)c1.CC(=O)c1ccc(-c2ccccc2)s1. The van der Waals surface area contributed by atoms with Crippen molar-refractivity contribution in [3.8, 4) is 10.4 Å². The van der Waals surface area contributed by atoms with E-state index in [-0.39, 0.29) is 5.78 Å². The molecule has 2 heterocycles. The van der Waals surface area contributed by atoms with E-state index in [9.17, 15) is 4.79 Å². The van der Waals surface area contributed by atoms with Crippen molar-refractivity contribution in [1.29, 1.82) is 0 Å². The maximum atomic E-state index is 11.1. The van der Waals surface area contributed by atoms with Gasteiger partial charge in [-0.05, 0) is 62.6 Å². The largest absolute Gasteiger partial charge is 0.294 e. The maximum Gasteiger partial charge on any atom is 0.169 e. The van der Waals surface area contributed by atoms with Crippen molar-refractivity contribution in [1.82, 2.24) is 4.98 Å². The van der Waals surface area contributed by atoms with Gasteiger partial charge in [0.05, 0.1) is 10.6 Å². The van der Waals surface area contributed by atoms with Crippen LogP contribution in [-0.2, 0) is 0 Å². The predicted molar refractivity (Wildman–Crippen MR) is 132 cm³/mol. The average molecular weight is 427 g/mol. The zero-order valence-electron chi connectivity index (χ0n) is 18.3. The summed E-state index contributed by atoms with van der Waals surface area (Å²) < 4.78 is 0. The first kappa shape index (κ1) is 22.3. The number of nitrogens with zero attached hydrogens (tertiary/aromatic N) is 2. The fourth-order valence-electron chi connectivity index (χ4n) is 2.99. The molecule has 0 radical (unpaired) electrons. The Balaban J connectivity index is 0.000000179. The molecule has 4 heteroatoms. The fraction of sp³-hybridized carbons (Fsp3) is 0.148. The van der Waals surface area contributed by atoms with Crippen LogP contribution in [0.25, 0.3) is 10.4 Å². The molecule has 4 aromatic rings. The smallest absolute Gasteiger partial charge is 0.169 e. The average Bonchev–Trinajstić information content (AvgIpc) is 3.27. The molecule has 0 atom stereocenters. The van der Waals surface area contributed by atoms with Crippen LogP contribution in [0.1, 0.15) is 40.2 Å². The lowest BCUT2D eigenvalue weighted by Gasteiger charge is -2.04. The number of hydrogen-bond acceptors (Lipinski definition) is 4. The summed E-state index contributed by atoms with van der Waals surface area (Å²) in [5.74, 6) is 0.136. The molecule has 4 rings (SSSR count). The molecule has 0 fully saturated rings. The fourth-order valence-corrected chi connectivity index (χ4v) is 3.90. The number of benzene rings is 2. The van der Waals surface area contributed by atoms with Crippen molar-refractivity contribution >= 4 is 28.5 Å². The highest BCUT2D eigenvalue weighted by atomic mass is 32.1. The number of aromatic nitrogens is 1. The second-order valence-electron chi connectivity index (χ2n) is 7.31. The van der Waals surface area contributed by atoms with Crippen LogP contribution in [0.4, 0.5) is 5.69 Å². The molecule has 156 valence electrons. The first-order chi connectivity index (χ1) is 14.9. The van der Waals surface area contributed by atoms with E-state index in [4.69, 9.17) is 0 Å². The van der Waals surface area contributed by atoms with E-state index in [1.54, 1.807) is 24.5 Å². The van der Waals surface area contributed by atoms with Gasteiger partial charge in [-0.15, -0.1) is 11.3 Å². The van der Waals surface area contributed by atoms with Gasteiger partial charge in [0.1, 0.15) is 0 Å². The van der Waals surface area contributed by atoms with E-state index in [0.29, 0.717) is 0 Å². The Kier molecular flexibility index (Phi) is 7.63. The van der Waals surface area contributed by atoms with Crippen LogP contribution in [-0.4, -0.2) is 16.5 Å². The number of carbonyl (C=O) groups is 1. The number of Topliss-reactive ketones (excluding diaryl/α,β-unsaturated/α-hetero) is 1. The third-order valence-electron chi connectivity index (χ3n) is 4.73. The van der Waals surface area contributed by atoms with Gasteiger partial charge in [-0.1, -0.05) is 60.2 Å². The first-order valence-electron chi connectivity index (χ1n) is 10.1. The Bertz CT molecular complexity index is 1190. The molecule has 0 N–H and O–H groups in total. The summed E-state index contributed by atoms with van der Waals surface area (Å²) in [6.45, 7) is 7.75. The first-order valence-corrected chi connectivity index (χ1v) is 10.9. The van der Waals surface area contributed by atoms with Gasteiger partial charge >= 0.3 is 0 Å². The minimum Gasteiger partial charge on any atom is -0.294 e. The van der Waals surface area contributed by atoms with Crippen LogP contribution in [0.3, 0.4) is 0 Å². The normalized spacial score (nSPS) is 10.9. The number of aliphatic imine (C=N–C) groups is 1. The van der Waals surface area contributed by atoms with Gasteiger partial charge in [0, 0.05) is 23.0 Å². The van der Waals surface area contributed by atoms with Gasteiger partial charge in [0.25, 0.3) is 0 Å². The molecule has 0 unspecified atom stereocenters. The van der Waals surface area contributed by atoms with Gasteiger partial charge in [-0.2, -0.15) is 0 Å². The van der Waals surface area contributed by atoms with Gasteiger partial charge < -0.3 is 0 Å². The topological polar surface area (TPSA) is 42.3 Å². The minimum atomic E-state index is 0.136. The number of ketones is 1. The summed E-state index contributed by atoms with van der Waals surface area (Å²) >= 11 is 1.54. The van der Waals surface area contributed by atoms with Crippen LogP contribution >= 0.6 is 11.3 Å². The molecule has 0 aliphatic rings. The van der Waals surface area contributed by atoms with Gasteiger partial charge in [-0.25, -0.2) is 0 Å². The quantitative estimate of drug-likeness (QED) is 0.251. The molecular formula is C27H26N2OS. The van der Waals surface area contributed by atoms with Crippen LogP contribution < -0.4 is 0 Å². The Morgan fingerprint density at radius 2 is 1.68 bits per heavy atom. The number of hydrogen-bond donors (Lipinski definition) is 0. The lowest BCUT2D eigenvalue weighted by atomic mass is 10.1. The molecular weight excluding hydrogens is 400 g/mol. The van der Waals surface area contributed by atoms with E-state index >= 15 is 0 Å². The molecule has 0 spiro atoms. The Hall–Kier alpha value is -3.37. The van der Waals surface area contributed by atoms with Crippen LogP contribution in [0.15, 0.2) is 90.2 Å². The monoisotopic (exact) mass is 426 g/mol. The van der Waals surface area contributed by atoms with Gasteiger partial charge in [0.2, 0.25) is 0 Å². The standard InChI is InChI=1S/C15H16N2.C12H10OS/c1-11-5-4-6-14(9-11)13(3)17-15-7-8-16-10-12(15)2;1-9(13)11-7-8-12(14-11)10-5-3-2-4-6-10/h4-10H,1-3H3;2-8H,1H3. The van der Waals surface area contributed by atoms with Crippen molar-refractivity contribution in [2.24, 2.45) is 4.99 Å². The Labute approximate surface area is 188 Å². The number of pyridine rings is 1. The summed E-state index contributed by atoms with van der Waals surface area (Å²) in [4.78, 5) is 21.8. The second kappa shape index (κ2) is 10.6. The summed E-state index contributed by atoms with van der Waals surface area (Å²) in [7, 11) is 0. The van der Waals surface area contributed by atoms with Crippen molar-refractivity contribution < 1.29 is 4.79 Å². The molecule has 2 aromatic heterocycles. The predicted octanol–water partition coefficient (Wildman–Crippen LogP) is 7.46. The van der Waals surface area contributed by atoms with E-state index in [2.05, 4.69) is 53.3 Å². The highest BCUT2D eigenvalue weighted by Crippen LogP contribution is 2.27. The van der Waals surface area contributed by atoms with E-state index < -0.39 is 0 Å². The molecule has 0 bridgehead atoms. The third-order valence-corrected chi connectivity index (χ3v) is 5.96. The molecule has 0 aliphatic carbocycles. The Morgan fingerprint density at radius 1 is 0.903 bits per heavy atom. The van der Waals surface area contributed by atoms with Crippen molar-refractivity contribution in [2.75, 3.05) is 0 Å². The summed E-state index contributed by atoms with van der Waals surface area (Å²) in [5.41, 5.74) is 6.70. The summed E-state index contributed by atoms with van der Waals surface area (Å²) in [5, 5.41) is 0. The summed E-state index contributed by atoms with van der Waals surface area (Å²) in [6, 6.07) is 24.3. The van der Waals surface area contributed by atoms with E-state index in [1.165, 1.54) is 16.7 Å². The highest BCUT2D eigenvalue weighted by molar-refractivity contribution is 7.17. The van der Waals surface area contributed by atoms with Crippen molar-refractivity contribution in [3.63, 3.8) is 0 Å². The van der Waals surface area contributed by atoms with E-state index in [1.807, 2.05) is 56.4 Å². The van der Waals surface area contributed by atoms with Gasteiger partial charge in [-0.3, -0.25) is 14.8 Å². The molecule has 0 saturated heterocycles. The zero-order chi connectivity index (χ0) is 22.2. The highest BCUT2D eigenvalue weighted by Gasteiger charge is 2.05. The van der Waals surface area contributed by atoms with Crippen LogP contribution in [0.5, 0.6) is 0 Å². The summed E-state index contributed by atoms with van der Waals surface area (Å²) in [6.07, 6.45) is 3.61. The Morgan fingerprint density at radius 3 is 2.32 bits per heavy atom. The zero-order valence-corrected chi connectivity index (χ0v) is 19.1. The number of carbonyl (C=O) groups excluding carboxylic acids is 1. The second-order valence-corrected chi connectivity index (χ2v) is 8.40. The molecule has 31 heavy (non-hydrogen) atoms. The van der Waals surface area contributed by atoms with Crippen molar-refractivity contribution in [2.45, 2.75) is 27.7 Å². The number of thiophene rings is 1. The number of rotatable bonds is 4. The van der Waals surface area contributed by atoms with Crippen molar-refractivity contribution in [3.05, 3.63) is 107 Å². The minimum absolute atomic E-state index is 0.136. The van der Waals surface area contributed by atoms with Gasteiger partial charge in [0.15, 0.2) is 5.78 Å². The molecule has 0 saturated carbocycles. The molecule has 2 aromatic carbocycles. The van der Waals surface area contributed by atoms with E-state index in [0.717, 1.165) is 26.7 Å². The maximum absolute atomic E-state index is 11.1. The molecule has 3 nitrogen and oxygen atoms in total. The molecule has 0 aliphatic heterocycles. The number of aryl methyl sites for hydroxylation is 2. The van der Waals surface area contributed by atoms with Crippen LogP contribution in [0.2, 0.25) is 0 Å². The molecule has 0 amide bonds. The lowest BCUT2D eigenvalue weighted by Crippen LogP contribution is -1.94. The van der Waals surface area contributed by atoms with Crippen LogP contribution in [0, 0.1) is 13.8 Å². The third kappa shape index (κ3) is 6.30. The lowest BCUT2D eigenvalue weighted by molar-refractivity contribution is 0.102.